The van der Waals surface area contributed by atoms with Crippen LogP contribution in [0.25, 0.3) is 11.3 Å². The summed E-state index contributed by atoms with van der Waals surface area (Å²) in [5, 5.41) is 4.56. The zero-order valence-corrected chi connectivity index (χ0v) is 29.4. The molecule has 0 radical (unpaired) electrons. The van der Waals surface area contributed by atoms with Crippen molar-refractivity contribution >= 4 is 28.0 Å². The zero-order valence-electron chi connectivity index (χ0n) is 28.6. The average Bonchev–Trinajstić information content (AvgIpc) is 3.45. The normalized spacial score (nSPS) is 17.5. The fourth-order valence-corrected chi connectivity index (χ4v) is 7.44. The minimum absolute atomic E-state index is 0.0653. The van der Waals surface area contributed by atoms with E-state index in [1.165, 1.54) is 19.2 Å². The summed E-state index contributed by atoms with van der Waals surface area (Å²) in [7, 11) is -2.86. The molecule has 0 spiro atoms. The summed E-state index contributed by atoms with van der Waals surface area (Å²) in [6.45, 7) is 11.6. The Morgan fingerprint density at radius 2 is 1.80 bits per heavy atom. The number of carbonyl (C=O) groups is 2. The third-order valence-electron chi connectivity index (χ3n) is 8.76. The SMILES string of the molecule is COC(=O)N1CCn2ncc(CN3C(=O)c4cccc(c4)S(=O)(=O)Nc4nc(cc(-c5c(C)cccc5C)n4)OC[C@H]3CC(C)(C)C)c2C1. The number of benzene rings is 2. The van der Waals surface area contributed by atoms with Crippen LogP contribution >= 0.6 is 0 Å². The summed E-state index contributed by atoms with van der Waals surface area (Å²) in [6, 6.07) is 13.0. The number of aryl methyl sites for hydroxylation is 2. The number of nitrogens with one attached hydrogen (secondary N) is 1. The lowest BCUT2D eigenvalue weighted by atomic mass is 9.87. The molecule has 0 saturated carbocycles. The predicted molar refractivity (Wildman–Crippen MR) is 182 cm³/mol. The Labute approximate surface area is 286 Å². The number of nitrogens with zero attached hydrogens (tertiary/aromatic N) is 6. The molecule has 0 aliphatic carbocycles. The Morgan fingerprint density at radius 3 is 2.51 bits per heavy atom. The number of aromatic nitrogens is 4. The van der Waals surface area contributed by atoms with Gasteiger partial charge in [-0.05, 0) is 55.0 Å². The number of ether oxygens (including phenoxy) is 2. The Balaban J connectivity index is 1.47. The number of hydrogen-bond acceptors (Lipinski definition) is 9. The summed E-state index contributed by atoms with van der Waals surface area (Å²) in [4.78, 5) is 39.2. The molecule has 13 nitrogen and oxygen atoms in total. The zero-order chi connectivity index (χ0) is 35.1. The largest absolute Gasteiger partial charge is 0.475 e. The molecule has 1 N–H and O–H groups in total. The van der Waals surface area contributed by atoms with Crippen molar-refractivity contribution in [3.63, 3.8) is 0 Å². The molecule has 2 aliphatic heterocycles. The third kappa shape index (κ3) is 7.24. The number of anilines is 1. The maximum Gasteiger partial charge on any atom is 0.409 e. The van der Waals surface area contributed by atoms with Gasteiger partial charge in [0.25, 0.3) is 15.9 Å². The average molecular weight is 688 g/mol. The molecule has 2 aliphatic rings. The van der Waals surface area contributed by atoms with E-state index < -0.39 is 22.2 Å². The molecule has 1 atom stereocenters. The minimum Gasteiger partial charge on any atom is -0.475 e. The van der Waals surface area contributed by atoms with E-state index in [2.05, 4.69) is 40.6 Å². The molecule has 0 saturated heterocycles. The van der Waals surface area contributed by atoms with Crippen LogP contribution in [0.5, 0.6) is 5.88 Å². The van der Waals surface area contributed by atoms with E-state index in [1.54, 1.807) is 34.2 Å². The number of carbonyl (C=O) groups excluding carboxylic acids is 2. The fourth-order valence-electron chi connectivity index (χ4n) is 6.45. The number of amides is 2. The first-order valence-corrected chi connectivity index (χ1v) is 17.6. The van der Waals surface area contributed by atoms with Crippen molar-refractivity contribution in [3.05, 3.63) is 82.7 Å². The molecule has 4 heterocycles. The van der Waals surface area contributed by atoms with Crippen LogP contribution in [0.15, 0.2) is 59.6 Å². The molecule has 258 valence electrons. The van der Waals surface area contributed by atoms with Crippen LogP contribution in [0, 0.1) is 19.3 Å². The topological polar surface area (TPSA) is 149 Å². The lowest BCUT2D eigenvalue weighted by Gasteiger charge is -2.36. The second kappa shape index (κ2) is 13.1. The smallest absolute Gasteiger partial charge is 0.409 e. The highest BCUT2D eigenvalue weighted by molar-refractivity contribution is 7.92. The van der Waals surface area contributed by atoms with Crippen molar-refractivity contribution in [2.45, 2.75) is 71.6 Å². The van der Waals surface area contributed by atoms with Crippen LogP contribution in [0.2, 0.25) is 0 Å². The van der Waals surface area contributed by atoms with Gasteiger partial charge in [0.15, 0.2) is 0 Å². The van der Waals surface area contributed by atoms with Gasteiger partial charge in [0, 0.05) is 35.8 Å². The van der Waals surface area contributed by atoms with Gasteiger partial charge in [-0.3, -0.25) is 9.48 Å². The van der Waals surface area contributed by atoms with Crippen molar-refractivity contribution in [3.8, 4) is 17.1 Å². The predicted octanol–water partition coefficient (Wildman–Crippen LogP) is 5.18. The van der Waals surface area contributed by atoms with E-state index in [9.17, 15) is 18.0 Å². The molecule has 0 fully saturated rings. The Hall–Kier alpha value is -4.98. The molecule has 49 heavy (non-hydrogen) atoms. The van der Waals surface area contributed by atoms with Crippen LogP contribution in [0.3, 0.4) is 0 Å². The van der Waals surface area contributed by atoms with Crippen molar-refractivity contribution in [2.75, 3.05) is 25.0 Å². The molecule has 2 aromatic carbocycles. The van der Waals surface area contributed by atoms with E-state index in [1.807, 2.05) is 36.7 Å². The summed E-state index contributed by atoms with van der Waals surface area (Å²) in [5.41, 5.74) is 4.79. The monoisotopic (exact) mass is 687 g/mol. The maximum atomic E-state index is 14.5. The molecule has 4 aromatic rings. The summed E-state index contributed by atoms with van der Waals surface area (Å²) in [6.07, 6.45) is 1.83. The summed E-state index contributed by atoms with van der Waals surface area (Å²) in [5.74, 6) is -0.347. The van der Waals surface area contributed by atoms with Crippen molar-refractivity contribution < 1.29 is 27.5 Å². The molecule has 2 aromatic heterocycles. The van der Waals surface area contributed by atoms with Gasteiger partial charge in [-0.25, -0.2) is 22.9 Å². The van der Waals surface area contributed by atoms with E-state index in [-0.39, 0.29) is 53.3 Å². The quantitative estimate of drug-likeness (QED) is 0.306. The molecule has 14 heteroatoms. The van der Waals surface area contributed by atoms with Crippen molar-refractivity contribution in [2.24, 2.45) is 5.41 Å². The number of methoxy groups -OCH3 is 1. The van der Waals surface area contributed by atoms with Crippen LogP contribution in [0.4, 0.5) is 10.7 Å². The van der Waals surface area contributed by atoms with Gasteiger partial charge in [0.1, 0.15) is 6.61 Å². The summed E-state index contributed by atoms with van der Waals surface area (Å²) < 4.78 is 43.1. The van der Waals surface area contributed by atoms with Crippen molar-refractivity contribution in [1.29, 1.82) is 0 Å². The van der Waals surface area contributed by atoms with E-state index in [0.29, 0.717) is 25.2 Å². The van der Waals surface area contributed by atoms with Crippen LogP contribution < -0.4 is 9.46 Å². The Kier molecular flexibility index (Phi) is 9.09. The first-order valence-electron chi connectivity index (χ1n) is 16.1. The van der Waals surface area contributed by atoms with Crippen LogP contribution in [-0.4, -0.2) is 76.3 Å². The van der Waals surface area contributed by atoms with Gasteiger partial charge in [-0.2, -0.15) is 10.1 Å². The molecular formula is C35H41N7O6S. The molecule has 0 unspecified atom stereocenters. The first kappa shape index (κ1) is 33.9. The Morgan fingerprint density at radius 1 is 1.06 bits per heavy atom. The first-order chi connectivity index (χ1) is 23.2. The highest BCUT2D eigenvalue weighted by Gasteiger charge is 2.33. The van der Waals surface area contributed by atoms with Crippen molar-refractivity contribution in [1.82, 2.24) is 29.5 Å². The number of rotatable bonds is 4. The standard InChI is InChI=1S/C35H41N7O6S/c1-22-9-7-10-23(2)31(22)28-16-30-38-33(37-28)39-49(45,46)27-12-8-11-24(15-27)32(43)41(26(21-48-30)17-35(3,4)5)19-25-18-36-42-14-13-40(20-29(25)42)34(44)47-6/h7-12,15-16,18,26H,13-14,17,19-21H2,1-6H3,(H,37,38,39)/t26-/m1/s1. The highest BCUT2D eigenvalue weighted by atomic mass is 32.2. The molecular weight excluding hydrogens is 646 g/mol. The molecule has 2 amide bonds. The van der Waals surface area contributed by atoms with Crippen LogP contribution in [0.1, 0.15) is 59.9 Å². The van der Waals surface area contributed by atoms with Gasteiger partial charge < -0.3 is 19.3 Å². The van der Waals surface area contributed by atoms with E-state index >= 15 is 0 Å². The van der Waals surface area contributed by atoms with Crippen LogP contribution in [-0.2, 0) is 34.4 Å². The second-order valence-corrected chi connectivity index (χ2v) is 15.4. The number of hydrogen-bond donors (Lipinski definition) is 1. The third-order valence-corrected chi connectivity index (χ3v) is 10.1. The number of sulfonamides is 1. The van der Waals surface area contributed by atoms with Gasteiger partial charge in [-0.15, -0.1) is 0 Å². The minimum atomic E-state index is -4.20. The highest BCUT2D eigenvalue weighted by Crippen LogP contribution is 2.32. The van der Waals surface area contributed by atoms with Gasteiger partial charge in [0.2, 0.25) is 11.8 Å². The summed E-state index contributed by atoms with van der Waals surface area (Å²) >= 11 is 0. The van der Waals surface area contributed by atoms with E-state index in [4.69, 9.17) is 9.47 Å². The van der Waals surface area contributed by atoms with Gasteiger partial charge in [-0.1, -0.05) is 45.0 Å². The fraction of sp³-hybridized carbons (Fsp3) is 0.400. The second-order valence-electron chi connectivity index (χ2n) is 13.7. The Bertz CT molecular complexity index is 2000. The van der Waals surface area contributed by atoms with Gasteiger partial charge in [0.05, 0.1) is 48.7 Å². The van der Waals surface area contributed by atoms with E-state index in [0.717, 1.165) is 27.9 Å². The number of fused-ring (bicyclic) bond motifs is 5. The molecule has 4 bridgehead atoms. The lowest BCUT2D eigenvalue weighted by Crippen LogP contribution is -2.45. The molecule has 6 rings (SSSR count). The maximum absolute atomic E-state index is 14.5. The lowest BCUT2D eigenvalue weighted by molar-refractivity contribution is 0.0510. The van der Waals surface area contributed by atoms with Gasteiger partial charge >= 0.3 is 6.09 Å².